The maximum absolute atomic E-state index is 3.88. The fourth-order valence-electron chi connectivity index (χ4n) is 3.18. The molecule has 1 aliphatic carbocycles. The second kappa shape index (κ2) is 9.88. The Hall–Kier alpha value is -2.28. The summed E-state index contributed by atoms with van der Waals surface area (Å²) in [5.74, 6) is 0. The van der Waals surface area contributed by atoms with Gasteiger partial charge in [-0.3, -0.25) is 0 Å². The van der Waals surface area contributed by atoms with Gasteiger partial charge in [-0.25, -0.2) is 0 Å². The monoisotopic (exact) mass is 333 g/mol. The van der Waals surface area contributed by atoms with E-state index in [0.717, 1.165) is 25.8 Å². The van der Waals surface area contributed by atoms with Crippen LogP contribution in [0.3, 0.4) is 0 Å². The largest absolute Gasteiger partial charge is 0.365 e. The van der Waals surface area contributed by atoms with E-state index in [2.05, 4.69) is 93.0 Å². The van der Waals surface area contributed by atoms with Crippen molar-refractivity contribution < 1.29 is 0 Å². The van der Waals surface area contributed by atoms with Crippen LogP contribution in [0.5, 0.6) is 0 Å². The zero-order chi connectivity index (χ0) is 18.1. The number of nitrogens with zero attached hydrogens (tertiary/aromatic N) is 1. The van der Waals surface area contributed by atoms with Gasteiger partial charge in [0.1, 0.15) is 0 Å². The summed E-state index contributed by atoms with van der Waals surface area (Å²) >= 11 is 0. The van der Waals surface area contributed by atoms with E-state index in [4.69, 9.17) is 0 Å². The summed E-state index contributed by atoms with van der Waals surface area (Å²) in [4.78, 5) is 2.49. The molecule has 1 aromatic carbocycles. The molecule has 0 fully saturated rings. The van der Waals surface area contributed by atoms with Crippen LogP contribution in [0, 0.1) is 0 Å². The highest BCUT2D eigenvalue weighted by molar-refractivity contribution is 5.68. The summed E-state index contributed by atoms with van der Waals surface area (Å²) in [7, 11) is 0. The molecule has 0 saturated heterocycles. The van der Waals surface area contributed by atoms with E-state index in [1.807, 2.05) is 6.08 Å². The molecule has 0 amide bonds. The molecule has 0 radical (unpaired) electrons. The highest BCUT2D eigenvalue weighted by Gasteiger charge is 2.17. The summed E-state index contributed by atoms with van der Waals surface area (Å²) in [5.41, 5.74) is 5.53. The Morgan fingerprint density at radius 2 is 1.96 bits per heavy atom. The lowest BCUT2D eigenvalue weighted by atomic mass is 9.92. The molecule has 1 aliphatic rings. The molecule has 2 rings (SSSR count). The molecule has 1 aromatic rings. The highest BCUT2D eigenvalue weighted by Crippen LogP contribution is 2.28. The van der Waals surface area contributed by atoms with Crippen molar-refractivity contribution in [3.8, 4) is 0 Å². The molecule has 0 spiro atoms. The Balaban J connectivity index is 2.19. The van der Waals surface area contributed by atoms with Crippen molar-refractivity contribution in [3.05, 3.63) is 90.2 Å². The molecule has 0 bridgehead atoms. The first kappa shape index (κ1) is 19.1. The number of hydrogen-bond donors (Lipinski definition) is 0. The van der Waals surface area contributed by atoms with Gasteiger partial charge in [0, 0.05) is 18.3 Å². The fourth-order valence-corrected chi connectivity index (χ4v) is 3.18. The van der Waals surface area contributed by atoms with Crippen LogP contribution >= 0.6 is 0 Å². The standard InChI is InChI=1S/C24H31N/c1-5-11-24(12-6-2)25(20(4)7-3)19-21-15-17-23(18-16-21)22-13-9-8-10-14-22/h5-6,8-15,17,20H,1,7,16,18-19H2,2-4H3/b12-6-,24-11+. The van der Waals surface area contributed by atoms with Crippen molar-refractivity contribution in [2.45, 2.75) is 46.1 Å². The van der Waals surface area contributed by atoms with Crippen molar-refractivity contribution in [1.82, 2.24) is 4.90 Å². The number of rotatable bonds is 8. The van der Waals surface area contributed by atoms with Gasteiger partial charge < -0.3 is 4.90 Å². The first-order chi connectivity index (χ1) is 12.2. The average molecular weight is 334 g/mol. The van der Waals surface area contributed by atoms with Crippen LogP contribution in [0.25, 0.3) is 5.57 Å². The summed E-state index contributed by atoms with van der Waals surface area (Å²) in [6.45, 7) is 11.5. The smallest absolute Gasteiger partial charge is 0.0395 e. The number of hydrogen-bond acceptors (Lipinski definition) is 1. The average Bonchev–Trinajstić information content (AvgIpc) is 2.66. The van der Waals surface area contributed by atoms with Crippen LogP contribution in [-0.4, -0.2) is 17.5 Å². The zero-order valence-corrected chi connectivity index (χ0v) is 15.9. The third kappa shape index (κ3) is 5.35. The van der Waals surface area contributed by atoms with Crippen LogP contribution < -0.4 is 0 Å². The summed E-state index contributed by atoms with van der Waals surface area (Å²) in [6.07, 6.45) is 16.3. The summed E-state index contributed by atoms with van der Waals surface area (Å²) in [6, 6.07) is 11.2. The lowest BCUT2D eigenvalue weighted by Gasteiger charge is -2.33. The number of benzene rings is 1. The minimum atomic E-state index is 0.503. The summed E-state index contributed by atoms with van der Waals surface area (Å²) in [5, 5.41) is 0. The Kier molecular flexibility index (Phi) is 7.53. The van der Waals surface area contributed by atoms with Gasteiger partial charge in [-0.05, 0) is 56.4 Å². The van der Waals surface area contributed by atoms with E-state index in [1.165, 1.54) is 22.4 Å². The molecule has 1 nitrogen and oxygen atoms in total. The molecule has 25 heavy (non-hydrogen) atoms. The van der Waals surface area contributed by atoms with Gasteiger partial charge in [-0.15, -0.1) is 0 Å². The van der Waals surface area contributed by atoms with Gasteiger partial charge in [0.15, 0.2) is 0 Å². The van der Waals surface area contributed by atoms with Crippen LogP contribution in [0.4, 0.5) is 0 Å². The Morgan fingerprint density at radius 1 is 1.20 bits per heavy atom. The fraction of sp³-hybridized carbons (Fsp3) is 0.333. The van der Waals surface area contributed by atoms with E-state index in [0.29, 0.717) is 6.04 Å². The van der Waals surface area contributed by atoms with Crippen molar-refractivity contribution in [3.63, 3.8) is 0 Å². The van der Waals surface area contributed by atoms with Gasteiger partial charge in [-0.2, -0.15) is 0 Å². The highest BCUT2D eigenvalue weighted by atomic mass is 15.2. The van der Waals surface area contributed by atoms with E-state index in [9.17, 15) is 0 Å². The van der Waals surface area contributed by atoms with E-state index in [1.54, 1.807) is 0 Å². The van der Waals surface area contributed by atoms with Crippen LogP contribution in [0.1, 0.15) is 45.6 Å². The first-order valence-corrected chi connectivity index (χ1v) is 9.35. The predicted molar refractivity (Wildman–Crippen MR) is 111 cm³/mol. The van der Waals surface area contributed by atoms with Crippen molar-refractivity contribution in [1.29, 1.82) is 0 Å². The minimum Gasteiger partial charge on any atom is -0.365 e. The molecule has 1 atom stereocenters. The quantitative estimate of drug-likeness (QED) is 0.488. The van der Waals surface area contributed by atoms with E-state index < -0.39 is 0 Å². The Morgan fingerprint density at radius 3 is 2.52 bits per heavy atom. The lowest BCUT2D eigenvalue weighted by Crippen LogP contribution is -2.33. The lowest BCUT2D eigenvalue weighted by molar-refractivity contribution is 0.287. The third-order valence-corrected chi connectivity index (χ3v) is 4.83. The summed E-state index contributed by atoms with van der Waals surface area (Å²) < 4.78 is 0. The predicted octanol–water partition coefficient (Wildman–Crippen LogP) is 6.54. The topological polar surface area (TPSA) is 3.24 Å². The molecule has 1 heteroatoms. The van der Waals surface area contributed by atoms with E-state index in [-0.39, 0.29) is 0 Å². The van der Waals surface area contributed by atoms with Crippen molar-refractivity contribution in [2.24, 2.45) is 0 Å². The third-order valence-electron chi connectivity index (χ3n) is 4.83. The second-order valence-electron chi connectivity index (χ2n) is 6.60. The molecule has 0 aromatic heterocycles. The van der Waals surface area contributed by atoms with E-state index >= 15 is 0 Å². The molecule has 0 heterocycles. The molecular weight excluding hydrogens is 302 g/mol. The zero-order valence-electron chi connectivity index (χ0n) is 15.9. The Labute approximate surface area is 153 Å². The van der Waals surface area contributed by atoms with Crippen LogP contribution in [0.15, 0.2) is 84.6 Å². The maximum atomic E-state index is 3.88. The SMILES string of the molecule is C=C/C=C(\C=C/C)N(CC1=CC=C(c2ccccc2)CC1)C(C)CC. The minimum absolute atomic E-state index is 0.503. The van der Waals surface area contributed by atoms with Crippen molar-refractivity contribution >= 4 is 5.57 Å². The van der Waals surface area contributed by atoms with Crippen LogP contribution in [-0.2, 0) is 0 Å². The van der Waals surface area contributed by atoms with Crippen molar-refractivity contribution in [2.75, 3.05) is 6.54 Å². The van der Waals surface area contributed by atoms with Gasteiger partial charge in [-0.1, -0.05) is 73.7 Å². The normalized spacial score (nSPS) is 16.4. The van der Waals surface area contributed by atoms with Gasteiger partial charge in [0.2, 0.25) is 0 Å². The Bertz CT molecular complexity index is 673. The molecule has 1 unspecified atom stereocenters. The maximum Gasteiger partial charge on any atom is 0.0395 e. The second-order valence-corrected chi connectivity index (χ2v) is 6.60. The van der Waals surface area contributed by atoms with Gasteiger partial charge >= 0.3 is 0 Å². The molecule has 0 aliphatic heterocycles. The van der Waals surface area contributed by atoms with Gasteiger partial charge in [0.25, 0.3) is 0 Å². The van der Waals surface area contributed by atoms with Crippen LogP contribution in [0.2, 0.25) is 0 Å². The first-order valence-electron chi connectivity index (χ1n) is 9.35. The molecule has 0 saturated carbocycles. The molecule has 0 N–H and O–H groups in total. The molecule has 132 valence electrons. The number of allylic oxidation sites excluding steroid dienone is 7. The van der Waals surface area contributed by atoms with Gasteiger partial charge in [0.05, 0.1) is 0 Å². The molecular formula is C24H31N.